The van der Waals surface area contributed by atoms with Crippen LogP contribution in [0.15, 0.2) is 17.6 Å². The summed E-state index contributed by atoms with van der Waals surface area (Å²) in [6.45, 7) is 6.19. The monoisotopic (exact) mass is 308 g/mol. The lowest BCUT2D eigenvalue weighted by molar-refractivity contribution is -0.113. The van der Waals surface area contributed by atoms with E-state index in [2.05, 4.69) is 32.6 Å². The van der Waals surface area contributed by atoms with Crippen LogP contribution in [0.3, 0.4) is 0 Å². The van der Waals surface area contributed by atoms with Crippen molar-refractivity contribution in [2.45, 2.75) is 44.8 Å². The number of carbonyl (C=O) groups excluding carboxylic acids is 1. The summed E-state index contributed by atoms with van der Waals surface area (Å²) in [5.74, 6) is 0.740. The molecule has 2 aromatic heterocycles. The van der Waals surface area contributed by atoms with E-state index in [0.29, 0.717) is 5.82 Å². The number of amides is 1. The van der Waals surface area contributed by atoms with Crippen molar-refractivity contribution in [3.8, 4) is 0 Å². The number of anilines is 1. The second kappa shape index (κ2) is 7.26. The van der Waals surface area contributed by atoms with Crippen LogP contribution in [0.2, 0.25) is 0 Å². The van der Waals surface area contributed by atoms with Gasteiger partial charge in [-0.25, -0.2) is 0 Å². The summed E-state index contributed by atoms with van der Waals surface area (Å²) in [6.07, 6.45) is 3.64. The van der Waals surface area contributed by atoms with Crippen LogP contribution >= 0.6 is 11.8 Å². The highest BCUT2D eigenvalue weighted by atomic mass is 32.2. The van der Waals surface area contributed by atoms with Crippen molar-refractivity contribution in [2.24, 2.45) is 0 Å². The van der Waals surface area contributed by atoms with Crippen molar-refractivity contribution >= 4 is 23.5 Å². The highest BCUT2D eigenvalue weighted by Crippen LogP contribution is 2.19. The maximum absolute atomic E-state index is 11.9. The van der Waals surface area contributed by atoms with E-state index < -0.39 is 0 Å². The molecule has 2 rings (SSSR count). The minimum atomic E-state index is -0.104. The van der Waals surface area contributed by atoms with E-state index >= 15 is 0 Å². The zero-order valence-corrected chi connectivity index (χ0v) is 13.3. The van der Waals surface area contributed by atoms with Gasteiger partial charge in [-0.15, -0.1) is 10.2 Å². The molecule has 0 aliphatic carbocycles. The average Bonchev–Trinajstić information content (AvgIpc) is 3.06. The summed E-state index contributed by atoms with van der Waals surface area (Å²) in [5, 5.41) is 18.4. The van der Waals surface area contributed by atoms with E-state index in [1.165, 1.54) is 11.8 Å². The molecule has 2 N–H and O–H groups in total. The number of aromatic nitrogens is 5. The van der Waals surface area contributed by atoms with Gasteiger partial charge in [0.05, 0.1) is 5.75 Å². The molecule has 0 bridgehead atoms. The lowest BCUT2D eigenvalue weighted by Gasteiger charge is -2.08. The molecule has 0 fully saturated rings. The summed E-state index contributed by atoms with van der Waals surface area (Å²) in [7, 11) is 0. The molecule has 0 aliphatic heterocycles. The fraction of sp³-hybridized carbons (Fsp3) is 0.538. The number of aromatic amines is 1. The van der Waals surface area contributed by atoms with Gasteiger partial charge in [-0.2, -0.15) is 5.10 Å². The minimum Gasteiger partial charge on any atom is -0.308 e. The number of nitrogens with zero attached hydrogens (tertiary/aromatic N) is 4. The summed E-state index contributed by atoms with van der Waals surface area (Å²) in [5.41, 5.74) is 1.03. The van der Waals surface area contributed by atoms with Gasteiger partial charge < -0.3 is 9.88 Å². The maximum Gasteiger partial charge on any atom is 0.236 e. The molecule has 2 heterocycles. The van der Waals surface area contributed by atoms with Crippen molar-refractivity contribution in [1.82, 2.24) is 25.0 Å². The van der Waals surface area contributed by atoms with Crippen molar-refractivity contribution in [3.05, 3.63) is 18.1 Å². The van der Waals surface area contributed by atoms with Gasteiger partial charge in [0.1, 0.15) is 6.33 Å². The number of aryl methyl sites for hydroxylation is 1. The number of hydrogen-bond donors (Lipinski definition) is 2. The normalized spacial score (nSPS) is 11.0. The van der Waals surface area contributed by atoms with Gasteiger partial charge in [0.15, 0.2) is 11.0 Å². The van der Waals surface area contributed by atoms with Crippen LogP contribution < -0.4 is 5.32 Å². The maximum atomic E-state index is 11.9. The van der Waals surface area contributed by atoms with Crippen LogP contribution in [0, 0.1) is 0 Å². The van der Waals surface area contributed by atoms with Gasteiger partial charge in [-0.05, 0) is 20.3 Å². The van der Waals surface area contributed by atoms with Gasteiger partial charge >= 0.3 is 0 Å². The van der Waals surface area contributed by atoms with E-state index in [4.69, 9.17) is 0 Å². The zero-order chi connectivity index (χ0) is 15.2. The molecule has 0 aromatic carbocycles. The van der Waals surface area contributed by atoms with Crippen LogP contribution in [-0.2, 0) is 11.2 Å². The van der Waals surface area contributed by atoms with Gasteiger partial charge in [0.2, 0.25) is 5.91 Å². The van der Waals surface area contributed by atoms with Crippen LogP contribution in [0.5, 0.6) is 0 Å². The summed E-state index contributed by atoms with van der Waals surface area (Å²) in [6, 6.07) is 2.14. The van der Waals surface area contributed by atoms with Crippen molar-refractivity contribution in [2.75, 3.05) is 11.1 Å². The number of thioether (sulfide) groups is 1. The Morgan fingerprint density at radius 3 is 3.05 bits per heavy atom. The molecule has 114 valence electrons. The highest BCUT2D eigenvalue weighted by Gasteiger charge is 2.11. The quantitative estimate of drug-likeness (QED) is 0.766. The standard InChI is InChI=1S/C13H20N6OS/c1-4-5-10-6-11(17-16-10)15-12(20)7-21-13-18-14-8-19(13)9(2)3/h6,8-9H,4-5,7H2,1-3H3,(H2,15,16,17,20). The number of H-pyrrole nitrogens is 1. The summed E-state index contributed by atoms with van der Waals surface area (Å²) >= 11 is 1.37. The Kier molecular flexibility index (Phi) is 5.38. The Labute approximate surface area is 127 Å². The number of nitrogens with one attached hydrogen (secondary N) is 2. The van der Waals surface area contributed by atoms with E-state index in [0.717, 1.165) is 23.7 Å². The molecule has 0 aliphatic rings. The van der Waals surface area contributed by atoms with Gasteiger partial charge in [-0.1, -0.05) is 25.1 Å². The van der Waals surface area contributed by atoms with E-state index in [-0.39, 0.29) is 17.7 Å². The SMILES string of the molecule is CCCc1cc(NC(=O)CSc2nncn2C(C)C)n[nH]1. The Bertz CT molecular complexity index is 591. The molecular formula is C13H20N6OS. The molecule has 0 atom stereocenters. The first-order valence-corrected chi connectivity index (χ1v) is 7.95. The van der Waals surface area contributed by atoms with Gasteiger partial charge in [0, 0.05) is 17.8 Å². The van der Waals surface area contributed by atoms with E-state index in [9.17, 15) is 4.79 Å². The molecule has 2 aromatic rings. The second-order valence-electron chi connectivity index (χ2n) is 4.98. The second-order valence-corrected chi connectivity index (χ2v) is 5.92. The lowest BCUT2D eigenvalue weighted by Crippen LogP contribution is -2.15. The van der Waals surface area contributed by atoms with Crippen LogP contribution in [-0.4, -0.2) is 36.6 Å². The van der Waals surface area contributed by atoms with Crippen LogP contribution in [0.25, 0.3) is 0 Å². The summed E-state index contributed by atoms with van der Waals surface area (Å²) < 4.78 is 1.94. The molecule has 21 heavy (non-hydrogen) atoms. The predicted octanol–water partition coefficient (Wildman–Crippen LogP) is 2.27. The molecule has 0 saturated heterocycles. The first kappa shape index (κ1) is 15.6. The Hall–Kier alpha value is -1.83. The highest BCUT2D eigenvalue weighted by molar-refractivity contribution is 7.99. The van der Waals surface area contributed by atoms with Crippen LogP contribution in [0.1, 0.15) is 38.9 Å². The van der Waals surface area contributed by atoms with Crippen molar-refractivity contribution in [3.63, 3.8) is 0 Å². The first-order valence-electron chi connectivity index (χ1n) is 6.96. The van der Waals surface area contributed by atoms with E-state index in [1.54, 1.807) is 6.33 Å². The third-order valence-electron chi connectivity index (χ3n) is 2.85. The van der Waals surface area contributed by atoms with E-state index in [1.807, 2.05) is 24.5 Å². The zero-order valence-electron chi connectivity index (χ0n) is 12.5. The Morgan fingerprint density at radius 2 is 2.33 bits per heavy atom. The smallest absolute Gasteiger partial charge is 0.236 e. The minimum absolute atomic E-state index is 0.104. The summed E-state index contributed by atoms with van der Waals surface area (Å²) in [4.78, 5) is 11.9. The molecule has 8 heteroatoms. The third-order valence-corrected chi connectivity index (χ3v) is 3.80. The molecule has 0 spiro atoms. The van der Waals surface area contributed by atoms with Crippen LogP contribution in [0.4, 0.5) is 5.82 Å². The Morgan fingerprint density at radius 1 is 1.52 bits per heavy atom. The molecular weight excluding hydrogens is 288 g/mol. The third kappa shape index (κ3) is 4.32. The fourth-order valence-corrected chi connectivity index (χ4v) is 2.67. The number of rotatable bonds is 7. The Balaban J connectivity index is 1.85. The first-order chi connectivity index (χ1) is 10.1. The lowest BCUT2D eigenvalue weighted by atomic mass is 10.2. The molecule has 0 radical (unpaired) electrons. The topological polar surface area (TPSA) is 88.5 Å². The number of carbonyl (C=O) groups is 1. The molecule has 7 nitrogen and oxygen atoms in total. The predicted molar refractivity (Wildman–Crippen MR) is 82.3 cm³/mol. The average molecular weight is 308 g/mol. The van der Waals surface area contributed by atoms with Crippen molar-refractivity contribution in [1.29, 1.82) is 0 Å². The number of hydrogen-bond acceptors (Lipinski definition) is 5. The van der Waals surface area contributed by atoms with Gasteiger partial charge in [-0.3, -0.25) is 9.89 Å². The molecule has 0 saturated carbocycles. The largest absolute Gasteiger partial charge is 0.308 e. The van der Waals surface area contributed by atoms with Crippen molar-refractivity contribution < 1.29 is 4.79 Å². The molecule has 1 amide bonds. The molecule has 0 unspecified atom stereocenters. The van der Waals surface area contributed by atoms with Gasteiger partial charge in [0.25, 0.3) is 0 Å². The fourth-order valence-electron chi connectivity index (χ4n) is 1.82.